The van der Waals surface area contributed by atoms with Gasteiger partial charge in [0.25, 0.3) is 0 Å². The molecule has 0 radical (unpaired) electrons. The van der Waals surface area contributed by atoms with Crippen molar-refractivity contribution in [3.05, 3.63) is 28.1 Å². The number of aryl methyl sites for hydroxylation is 1. The van der Waals surface area contributed by atoms with Crippen LogP contribution in [0, 0.1) is 0 Å². The number of hydrogen-bond acceptors (Lipinski definition) is 3. The first-order valence-electron chi connectivity index (χ1n) is 5.21. The quantitative estimate of drug-likeness (QED) is 0.805. The fraction of sp³-hybridized carbons (Fsp3) is 0.333. The topological polar surface area (TPSA) is 43.1 Å². The molecule has 2 rings (SSSR count). The molecule has 0 unspecified atom stereocenters. The minimum atomic E-state index is 0.0302. The molecule has 4 heteroatoms. The van der Waals surface area contributed by atoms with Gasteiger partial charge in [0.2, 0.25) is 0 Å². The highest BCUT2D eigenvalue weighted by molar-refractivity contribution is 9.10. The minimum absolute atomic E-state index is 0.0302. The second kappa shape index (κ2) is 4.37. The summed E-state index contributed by atoms with van der Waals surface area (Å²) in [4.78, 5) is 15.7. The summed E-state index contributed by atoms with van der Waals surface area (Å²) in [7, 11) is 0. The van der Waals surface area contributed by atoms with E-state index in [1.165, 1.54) is 0 Å². The number of hydrogen-bond donors (Lipinski definition) is 0. The highest BCUT2D eigenvalue weighted by atomic mass is 79.9. The highest BCUT2D eigenvalue weighted by Gasteiger charge is 2.11. The van der Waals surface area contributed by atoms with Crippen LogP contribution in [0.5, 0.6) is 0 Å². The SMILES string of the molecule is CCCc1nc2cc(C(C)=O)cc(Br)c2o1. The Morgan fingerprint density at radius 3 is 2.88 bits per heavy atom. The van der Waals surface area contributed by atoms with E-state index in [2.05, 4.69) is 27.8 Å². The van der Waals surface area contributed by atoms with Crippen molar-refractivity contribution in [2.75, 3.05) is 0 Å². The van der Waals surface area contributed by atoms with Gasteiger partial charge >= 0.3 is 0 Å². The first-order chi connectivity index (χ1) is 7.61. The van der Waals surface area contributed by atoms with Crippen LogP contribution in [0.15, 0.2) is 21.0 Å². The van der Waals surface area contributed by atoms with E-state index in [1.54, 1.807) is 19.1 Å². The molecule has 0 saturated carbocycles. The zero-order valence-electron chi connectivity index (χ0n) is 9.21. The van der Waals surface area contributed by atoms with E-state index in [-0.39, 0.29) is 5.78 Å². The van der Waals surface area contributed by atoms with Crippen LogP contribution in [0.25, 0.3) is 11.1 Å². The fourth-order valence-electron chi connectivity index (χ4n) is 1.56. The molecule has 0 aliphatic heterocycles. The lowest BCUT2D eigenvalue weighted by atomic mass is 10.1. The summed E-state index contributed by atoms with van der Waals surface area (Å²) in [5, 5.41) is 0. The molecule has 0 aliphatic carbocycles. The third kappa shape index (κ3) is 2.02. The van der Waals surface area contributed by atoms with Crippen molar-refractivity contribution in [1.82, 2.24) is 4.98 Å². The van der Waals surface area contributed by atoms with E-state index in [0.717, 1.165) is 28.7 Å². The number of carbonyl (C=O) groups is 1. The molecular weight excluding hydrogens is 270 g/mol. The molecule has 0 saturated heterocycles. The monoisotopic (exact) mass is 281 g/mol. The Bertz CT molecular complexity index is 545. The van der Waals surface area contributed by atoms with Gasteiger partial charge < -0.3 is 4.42 Å². The number of ketones is 1. The molecule has 0 fully saturated rings. The summed E-state index contributed by atoms with van der Waals surface area (Å²) in [5.41, 5.74) is 2.10. The van der Waals surface area contributed by atoms with E-state index in [0.29, 0.717) is 11.1 Å². The molecule has 0 aliphatic rings. The Hall–Kier alpha value is -1.16. The number of oxazole rings is 1. The zero-order valence-corrected chi connectivity index (χ0v) is 10.8. The third-order valence-corrected chi connectivity index (χ3v) is 2.95. The van der Waals surface area contributed by atoms with E-state index in [4.69, 9.17) is 4.42 Å². The summed E-state index contributed by atoms with van der Waals surface area (Å²) < 4.78 is 6.39. The molecule has 1 aromatic heterocycles. The number of carbonyl (C=O) groups excluding carboxylic acids is 1. The molecule has 84 valence electrons. The number of nitrogens with zero attached hydrogens (tertiary/aromatic N) is 1. The lowest BCUT2D eigenvalue weighted by molar-refractivity contribution is 0.101. The van der Waals surface area contributed by atoms with Gasteiger partial charge in [-0.2, -0.15) is 0 Å². The van der Waals surface area contributed by atoms with Crippen LogP contribution in [0.2, 0.25) is 0 Å². The molecule has 0 amide bonds. The van der Waals surface area contributed by atoms with Gasteiger partial charge in [0.15, 0.2) is 17.3 Å². The number of rotatable bonds is 3. The van der Waals surface area contributed by atoms with Crippen LogP contribution >= 0.6 is 15.9 Å². The maximum atomic E-state index is 11.3. The van der Waals surface area contributed by atoms with Crippen LogP contribution in [-0.2, 0) is 6.42 Å². The number of fused-ring (bicyclic) bond motifs is 1. The molecule has 1 heterocycles. The van der Waals surface area contributed by atoms with Crippen LogP contribution in [0.3, 0.4) is 0 Å². The van der Waals surface area contributed by atoms with Gasteiger partial charge in [0, 0.05) is 12.0 Å². The van der Waals surface area contributed by atoms with Crippen molar-refractivity contribution in [2.45, 2.75) is 26.7 Å². The third-order valence-electron chi connectivity index (χ3n) is 2.36. The highest BCUT2D eigenvalue weighted by Crippen LogP contribution is 2.27. The average molecular weight is 282 g/mol. The predicted octanol–water partition coefficient (Wildman–Crippen LogP) is 3.75. The van der Waals surface area contributed by atoms with Crippen LogP contribution < -0.4 is 0 Å². The molecule has 0 bridgehead atoms. The van der Waals surface area contributed by atoms with E-state index < -0.39 is 0 Å². The first-order valence-corrected chi connectivity index (χ1v) is 6.01. The molecule has 0 spiro atoms. The lowest BCUT2D eigenvalue weighted by Gasteiger charge is -1.96. The van der Waals surface area contributed by atoms with Crippen molar-refractivity contribution < 1.29 is 9.21 Å². The summed E-state index contributed by atoms with van der Waals surface area (Å²) in [6, 6.07) is 3.54. The van der Waals surface area contributed by atoms with Gasteiger partial charge in [-0.3, -0.25) is 4.79 Å². The molecule has 0 N–H and O–H groups in total. The van der Waals surface area contributed by atoms with E-state index in [1.807, 2.05) is 0 Å². The van der Waals surface area contributed by atoms with Crippen molar-refractivity contribution in [3.8, 4) is 0 Å². The second-order valence-corrected chi connectivity index (χ2v) is 4.57. The Kier molecular flexibility index (Phi) is 3.10. The maximum Gasteiger partial charge on any atom is 0.195 e. The Labute approximate surface area is 102 Å². The summed E-state index contributed by atoms with van der Waals surface area (Å²) >= 11 is 3.39. The Morgan fingerprint density at radius 2 is 2.25 bits per heavy atom. The maximum absolute atomic E-state index is 11.3. The van der Waals surface area contributed by atoms with Gasteiger partial charge in [0.1, 0.15) is 5.52 Å². The first kappa shape index (κ1) is 11.3. The van der Waals surface area contributed by atoms with Crippen LogP contribution in [-0.4, -0.2) is 10.8 Å². The molecular formula is C12H12BrNO2. The van der Waals surface area contributed by atoms with E-state index in [9.17, 15) is 4.79 Å². The van der Waals surface area contributed by atoms with Gasteiger partial charge in [-0.1, -0.05) is 6.92 Å². The predicted molar refractivity (Wildman–Crippen MR) is 65.7 cm³/mol. The number of halogens is 1. The van der Waals surface area contributed by atoms with Crippen molar-refractivity contribution in [2.24, 2.45) is 0 Å². The Balaban J connectivity index is 2.58. The standard InChI is InChI=1S/C12H12BrNO2/c1-3-4-11-14-10-6-8(7(2)15)5-9(13)12(10)16-11/h5-6H,3-4H2,1-2H3. The normalized spacial score (nSPS) is 10.9. The van der Waals surface area contributed by atoms with Crippen LogP contribution in [0.4, 0.5) is 0 Å². The molecule has 3 nitrogen and oxygen atoms in total. The smallest absolute Gasteiger partial charge is 0.195 e. The summed E-state index contributed by atoms with van der Waals surface area (Å²) in [6.07, 6.45) is 1.81. The zero-order chi connectivity index (χ0) is 11.7. The van der Waals surface area contributed by atoms with E-state index >= 15 is 0 Å². The van der Waals surface area contributed by atoms with Gasteiger partial charge in [-0.05, 0) is 41.4 Å². The van der Waals surface area contributed by atoms with Crippen LogP contribution in [0.1, 0.15) is 36.5 Å². The van der Waals surface area contributed by atoms with Crippen molar-refractivity contribution in [1.29, 1.82) is 0 Å². The molecule has 1 aromatic carbocycles. The van der Waals surface area contributed by atoms with Crippen molar-refractivity contribution in [3.63, 3.8) is 0 Å². The molecule has 2 aromatic rings. The second-order valence-electron chi connectivity index (χ2n) is 3.72. The van der Waals surface area contributed by atoms with Gasteiger partial charge in [-0.15, -0.1) is 0 Å². The summed E-state index contributed by atoms with van der Waals surface area (Å²) in [6.45, 7) is 3.62. The average Bonchev–Trinajstić information content (AvgIpc) is 2.61. The fourth-order valence-corrected chi connectivity index (χ4v) is 2.09. The lowest BCUT2D eigenvalue weighted by Crippen LogP contribution is -1.91. The largest absolute Gasteiger partial charge is 0.440 e. The van der Waals surface area contributed by atoms with Gasteiger partial charge in [0.05, 0.1) is 4.47 Å². The molecule has 0 atom stereocenters. The minimum Gasteiger partial charge on any atom is -0.440 e. The molecule has 16 heavy (non-hydrogen) atoms. The number of Topliss-reactive ketones (excluding diaryl/α,β-unsaturated/α-hetero) is 1. The van der Waals surface area contributed by atoms with Gasteiger partial charge in [-0.25, -0.2) is 4.98 Å². The Morgan fingerprint density at radius 1 is 1.50 bits per heavy atom. The number of aromatic nitrogens is 1. The number of benzene rings is 1. The van der Waals surface area contributed by atoms with Crippen molar-refractivity contribution >= 4 is 32.8 Å². The summed E-state index contributed by atoms with van der Waals surface area (Å²) in [5.74, 6) is 0.751.